The van der Waals surface area contributed by atoms with Crippen molar-refractivity contribution >= 4 is 25.7 Å². The van der Waals surface area contributed by atoms with Gasteiger partial charge in [-0.15, -0.1) is 0 Å². The second-order valence-corrected chi connectivity index (χ2v) is 23.4. The van der Waals surface area contributed by atoms with Crippen LogP contribution in [0.5, 0.6) is 0 Å². The average Bonchev–Trinajstić information content (AvgIpc) is 3.43. The largest absolute Gasteiger partial charge is 0.472 e. The fourth-order valence-electron chi connectivity index (χ4n) is 9.24. The summed E-state index contributed by atoms with van der Waals surface area (Å²) in [4.78, 5) is 48.7. The van der Waals surface area contributed by atoms with E-state index < -0.39 is 57.8 Å². The molecule has 0 aromatic carbocycles. The molecule has 456 valence electrons. The molecule has 0 spiro atoms. The van der Waals surface area contributed by atoms with Crippen molar-refractivity contribution in [2.45, 2.75) is 328 Å². The predicted molar refractivity (Wildman–Crippen MR) is 325 cm³/mol. The normalized spacial score (nSPS) is 13.6. The number of ether oxygens (including phenoxy) is 3. The van der Waals surface area contributed by atoms with Crippen molar-refractivity contribution in [3.63, 3.8) is 0 Å². The van der Waals surface area contributed by atoms with Crippen LogP contribution >= 0.6 is 7.82 Å². The highest BCUT2D eigenvalue weighted by Gasteiger charge is 2.28. The summed E-state index contributed by atoms with van der Waals surface area (Å²) in [7, 11) is -4.75. The zero-order chi connectivity index (χ0) is 56.9. The van der Waals surface area contributed by atoms with Crippen molar-refractivity contribution in [3.8, 4) is 0 Å². The number of hydrogen-bond acceptors (Lipinski definition) is 10. The lowest BCUT2D eigenvalue weighted by Crippen LogP contribution is -2.30. The summed E-state index contributed by atoms with van der Waals surface area (Å²) >= 11 is 0. The fraction of sp³-hybridized carbons (Fsp3) is 0.833. The summed E-state index contributed by atoms with van der Waals surface area (Å²) in [6, 6.07) is 0. The van der Waals surface area contributed by atoms with Gasteiger partial charge in [-0.25, -0.2) is 4.57 Å². The number of esters is 3. The van der Waals surface area contributed by atoms with Gasteiger partial charge in [0.1, 0.15) is 12.7 Å². The number of carbonyl (C=O) groups is 3. The first-order chi connectivity index (χ1) is 38.2. The van der Waals surface area contributed by atoms with Crippen molar-refractivity contribution < 1.29 is 52.2 Å². The molecule has 0 aliphatic rings. The lowest BCUT2D eigenvalue weighted by molar-refractivity contribution is -0.161. The van der Waals surface area contributed by atoms with Crippen LogP contribution in [0.25, 0.3) is 0 Å². The number of carbonyl (C=O) groups excluding carboxylic acids is 3. The molecular weight excluding hydrogens is 1000 g/mol. The third-order valence-electron chi connectivity index (χ3n) is 14.2. The molecule has 0 aromatic rings. The van der Waals surface area contributed by atoms with E-state index in [1.807, 2.05) is 0 Å². The summed E-state index contributed by atoms with van der Waals surface area (Å²) in [5, 5.41) is 9.85. The molecule has 0 saturated heterocycles. The zero-order valence-electron chi connectivity index (χ0n) is 50.6. The first-order valence-electron chi connectivity index (χ1n) is 32.5. The SMILES string of the molecule is CCCCC/C=C\C/C=C\C/C=C\CCCCCCCCC(=O)OCC(COP(=O)(O)OCC(CO)OC(=O)CCCCCCCCCCCCCCCCC)OC(=O)CCCCCCCCC/C=C\CCCCCCCC. The third kappa shape index (κ3) is 58.1. The zero-order valence-corrected chi connectivity index (χ0v) is 51.5. The molecule has 0 radical (unpaired) electrons. The number of rotatable bonds is 61. The highest BCUT2D eigenvalue weighted by Crippen LogP contribution is 2.43. The first kappa shape index (κ1) is 75.4. The number of phosphoric acid groups is 1. The Morgan fingerprint density at radius 2 is 0.628 bits per heavy atom. The van der Waals surface area contributed by atoms with Crippen LogP contribution in [0.3, 0.4) is 0 Å². The Balaban J connectivity index is 4.70. The summed E-state index contributed by atoms with van der Waals surface area (Å²) in [6.45, 7) is 4.66. The van der Waals surface area contributed by atoms with Crippen LogP contribution in [-0.4, -0.2) is 66.5 Å². The number of phosphoric ester groups is 1. The molecule has 3 unspecified atom stereocenters. The number of hydrogen-bond donors (Lipinski definition) is 2. The molecule has 0 amide bonds. The molecule has 0 fully saturated rings. The topological polar surface area (TPSA) is 155 Å². The Hall–Kier alpha value is -2.56. The van der Waals surface area contributed by atoms with E-state index >= 15 is 0 Å². The van der Waals surface area contributed by atoms with E-state index in [2.05, 4.69) is 69.4 Å². The molecule has 0 aromatic heterocycles. The molecule has 0 rings (SSSR count). The van der Waals surface area contributed by atoms with Gasteiger partial charge in [0.15, 0.2) is 6.10 Å². The second-order valence-electron chi connectivity index (χ2n) is 21.9. The molecule has 0 aliphatic carbocycles. The first-order valence-corrected chi connectivity index (χ1v) is 34.0. The van der Waals surface area contributed by atoms with Gasteiger partial charge in [-0.2, -0.15) is 0 Å². The van der Waals surface area contributed by atoms with Gasteiger partial charge in [0, 0.05) is 19.3 Å². The number of aliphatic hydroxyl groups is 1. The Kier molecular flexibility index (Phi) is 58.5. The third-order valence-corrected chi connectivity index (χ3v) is 15.2. The van der Waals surface area contributed by atoms with Gasteiger partial charge in [-0.05, 0) is 83.5 Å². The van der Waals surface area contributed by atoms with E-state index in [0.717, 1.165) is 96.3 Å². The molecule has 78 heavy (non-hydrogen) atoms. The molecule has 0 saturated carbocycles. The van der Waals surface area contributed by atoms with Gasteiger partial charge in [0.05, 0.1) is 19.8 Å². The molecule has 12 heteroatoms. The van der Waals surface area contributed by atoms with Crippen LogP contribution in [0.4, 0.5) is 0 Å². The average molecular weight is 1120 g/mol. The second kappa shape index (κ2) is 60.5. The Labute approximate surface area is 479 Å². The number of aliphatic hydroxyl groups excluding tert-OH is 1. The van der Waals surface area contributed by atoms with Gasteiger partial charge >= 0.3 is 25.7 Å². The number of unbranched alkanes of at least 4 members (excludes halogenated alkanes) is 36. The quantitative estimate of drug-likeness (QED) is 0.0197. The van der Waals surface area contributed by atoms with Crippen LogP contribution in [0, 0.1) is 0 Å². The highest BCUT2D eigenvalue weighted by atomic mass is 31.2. The van der Waals surface area contributed by atoms with Gasteiger partial charge < -0.3 is 24.2 Å². The van der Waals surface area contributed by atoms with E-state index in [-0.39, 0.29) is 25.9 Å². The monoisotopic (exact) mass is 1120 g/mol. The van der Waals surface area contributed by atoms with Crippen molar-refractivity contribution in [2.75, 3.05) is 26.4 Å². The van der Waals surface area contributed by atoms with Crippen molar-refractivity contribution in [1.82, 2.24) is 0 Å². The Bertz CT molecular complexity index is 1490. The molecule has 0 bridgehead atoms. The van der Waals surface area contributed by atoms with Crippen LogP contribution in [-0.2, 0) is 42.2 Å². The number of allylic oxidation sites excluding steroid dienone is 8. The van der Waals surface area contributed by atoms with E-state index in [9.17, 15) is 28.9 Å². The molecule has 2 N–H and O–H groups in total. The van der Waals surface area contributed by atoms with Gasteiger partial charge in [-0.1, -0.05) is 262 Å². The van der Waals surface area contributed by atoms with Gasteiger partial charge in [0.2, 0.25) is 0 Å². The van der Waals surface area contributed by atoms with Crippen LogP contribution in [0.2, 0.25) is 0 Å². The molecule has 3 atom stereocenters. The van der Waals surface area contributed by atoms with E-state index in [1.165, 1.54) is 161 Å². The summed E-state index contributed by atoms with van der Waals surface area (Å²) in [6.07, 6.45) is 66.2. The minimum atomic E-state index is -4.75. The highest BCUT2D eigenvalue weighted by molar-refractivity contribution is 7.47. The maximum Gasteiger partial charge on any atom is 0.472 e. The summed E-state index contributed by atoms with van der Waals surface area (Å²) in [5.74, 6) is -1.46. The summed E-state index contributed by atoms with van der Waals surface area (Å²) in [5.41, 5.74) is 0. The predicted octanol–water partition coefficient (Wildman–Crippen LogP) is 19.7. The van der Waals surface area contributed by atoms with Crippen molar-refractivity contribution in [3.05, 3.63) is 48.6 Å². The Morgan fingerprint density at radius 3 is 1.00 bits per heavy atom. The van der Waals surface area contributed by atoms with Crippen LogP contribution in [0.15, 0.2) is 48.6 Å². The van der Waals surface area contributed by atoms with E-state index in [0.29, 0.717) is 19.3 Å². The Morgan fingerprint density at radius 1 is 0.359 bits per heavy atom. The standard InChI is InChI=1S/C66H121O11P/c1-4-7-10-13-16-19-22-25-28-30-31-33-35-37-40-43-46-49-52-55-64(68)73-59-63(77-66(70)57-54-51-48-45-42-39-36-32-29-26-23-20-17-14-11-8-5-2)61-75-78(71,72)74-60-62(58-67)76-65(69)56-53-50-47-44-41-38-34-27-24-21-18-15-12-9-6-3/h16,19,25-26,28-29,31,33,62-63,67H,4-15,17-18,20-24,27,30,32,34-61H2,1-3H3,(H,71,72)/b19-16-,28-25-,29-26-,33-31-. The molecule has 11 nitrogen and oxygen atoms in total. The van der Waals surface area contributed by atoms with Crippen LogP contribution in [0.1, 0.15) is 316 Å². The van der Waals surface area contributed by atoms with Crippen molar-refractivity contribution in [1.29, 1.82) is 0 Å². The molecule has 0 aliphatic heterocycles. The van der Waals surface area contributed by atoms with Gasteiger partial charge in [-0.3, -0.25) is 23.4 Å². The summed E-state index contributed by atoms with van der Waals surface area (Å²) < 4.78 is 39.7. The van der Waals surface area contributed by atoms with Crippen LogP contribution < -0.4 is 0 Å². The minimum Gasteiger partial charge on any atom is -0.462 e. The fourth-order valence-corrected chi connectivity index (χ4v) is 10.0. The van der Waals surface area contributed by atoms with E-state index in [1.54, 1.807) is 0 Å². The molecule has 0 heterocycles. The maximum atomic E-state index is 13.0. The molecular formula is C66H121O11P. The van der Waals surface area contributed by atoms with Crippen molar-refractivity contribution in [2.24, 2.45) is 0 Å². The van der Waals surface area contributed by atoms with E-state index in [4.69, 9.17) is 23.3 Å². The minimum absolute atomic E-state index is 0.162. The maximum absolute atomic E-state index is 13.0. The lowest BCUT2D eigenvalue weighted by atomic mass is 10.0. The van der Waals surface area contributed by atoms with Gasteiger partial charge in [0.25, 0.3) is 0 Å². The smallest absolute Gasteiger partial charge is 0.462 e. The lowest BCUT2D eigenvalue weighted by Gasteiger charge is -2.21.